The van der Waals surface area contributed by atoms with Gasteiger partial charge in [0.15, 0.2) is 5.78 Å². The molecule has 0 unspecified atom stereocenters. The number of amides is 3. The molecule has 0 radical (unpaired) electrons. The van der Waals surface area contributed by atoms with Gasteiger partial charge in [-0.1, -0.05) is 34.1 Å². The molecule has 0 aliphatic carbocycles. The monoisotopic (exact) mass is 544 g/mol. The molecule has 3 N–H and O–H groups in total. The fourth-order valence-electron chi connectivity index (χ4n) is 3.87. The Morgan fingerprint density at radius 2 is 1.97 bits per heavy atom. The van der Waals surface area contributed by atoms with Crippen molar-refractivity contribution < 1.29 is 23.9 Å². The van der Waals surface area contributed by atoms with Crippen LogP contribution >= 0.6 is 27.7 Å². The Morgan fingerprint density at radius 1 is 1.21 bits per heavy atom. The second-order valence-corrected chi connectivity index (χ2v) is 9.70. The molecule has 1 saturated heterocycles. The number of carbonyl (C=O) groups excluding carboxylic acids is 4. The standard InChI is InChI=1S/C23H21BrN4O5S/c1-33-21(30)14-8-13(9-15(24)11-14)10-19(29)20-27(6-7-34-20)23(32)26-17-12-28(22(25)31)18-5-3-2-4-16(17)18/h2-5,8-9,11-12,20H,6-7,10H2,1H3,(H2,25,31)(H,26,32)/t20-/m0/s1. The molecule has 0 bridgehead atoms. The van der Waals surface area contributed by atoms with Crippen molar-refractivity contribution in [1.29, 1.82) is 0 Å². The van der Waals surface area contributed by atoms with Gasteiger partial charge < -0.3 is 20.7 Å². The number of thioether (sulfide) groups is 1. The minimum absolute atomic E-state index is 0.0475. The van der Waals surface area contributed by atoms with Crippen LogP contribution in [0.2, 0.25) is 0 Å². The number of primary amides is 1. The number of para-hydroxylation sites is 1. The highest BCUT2D eigenvalue weighted by Crippen LogP contribution is 2.30. The first-order chi connectivity index (χ1) is 16.3. The Bertz CT molecular complexity index is 1310. The van der Waals surface area contributed by atoms with Gasteiger partial charge in [-0.15, -0.1) is 11.8 Å². The number of benzene rings is 2. The van der Waals surface area contributed by atoms with Gasteiger partial charge in [0.1, 0.15) is 5.37 Å². The molecule has 1 aliphatic rings. The number of hydrogen-bond donors (Lipinski definition) is 2. The van der Waals surface area contributed by atoms with Crippen molar-refractivity contribution in [2.24, 2.45) is 5.73 Å². The highest BCUT2D eigenvalue weighted by molar-refractivity contribution is 9.10. The molecule has 1 fully saturated rings. The maximum absolute atomic E-state index is 13.1. The van der Waals surface area contributed by atoms with E-state index in [1.165, 1.54) is 34.5 Å². The predicted octanol–water partition coefficient (Wildman–Crippen LogP) is 3.84. The SMILES string of the molecule is COC(=O)c1cc(Br)cc(CC(=O)[C@@H]2SCCN2C(=O)Nc2cn(C(N)=O)c3ccccc23)c1. The molecule has 2 aromatic carbocycles. The molecule has 4 rings (SSSR count). The summed E-state index contributed by atoms with van der Waals surface area (Å²) < 4.78 is 6.68. The third kappa shape index (κ3) is 4.80. The minimum Gasteiger partial charge on any atom is -0.465 e. The van der Waals surface area contributed by atoms with E-state index in [1.807, 2.05) is 0 Å². The van der Waals surface area contributed by atoms with Crippen molar-refractivity contribution in [2.75, 3.05) is 24.7 Å². The summed E-state index contributed by atoms with van der Waals surface area (Å²) in [7, 11) is 1.29. The third-order valence-corrected chi connectivity index (χ3v) is 7.08. The fraction of sp³-hybridized carbons (Fsp3) is 0.217. The number of methoxy groups -OCH3 is 1. The first kappa shape index (κ1) is 23.8. The van der Waals surface area contributed by atoms with Gasteiger partial charge in [-0.25, -0.2) is 14.4 Å². The normalized spacial score (nSPS) is 15.4. The summed E-state index contributed by atoms with van der Waals surface area (Å²) in [6.45, 7) is 0.396. The number of urea groups is 1. The van der Waals surface area contributed by atoms with Crippen molar-refractivity contribution in [3.8, 4) is 0 Å². The number of Topliss-reactive ketones (excluding diaryl/α,β-unsaturated/α-hetero) is 1. The maximum Gasteiger partial charge on any atom is 0.337 e. The van der Waals surface area contributed by atoms with Crippen LogP contribution in [-0.2, 0) is 16.0 Å². The number of esters is 1. The molecule has 9 nitrogen and oxygen atoms in total. The van der Waals surface area contributed by atoms with Crippen LogP contribution in [0.15, 0.2) is 53.1 Å². The highest BCUT2D eigenvalue weighted by atomic mass is 79.9. The number of nitrogens with two attached hydrogens (primary N) is 1. The Hall–Kier alpha value is -3.31. The molecule has 11 heteroatoms. The second-order valence-electron chi connectivity index (χ2n) is 7.60. The summed E-state index contributed by atoms with van der Waals surface area (Å²) in [4.78, 5) is 51.3. The van der Waals surface area contributed by atoms with Crippen molar-refractivity contribution in [1.82, 2.24) is 9.47 Å². The molecular weight excluding hydrogens is 524 g/mol. The van der Waals surface area contributed by atoms with Crippen LogP contribution in [0.5, 0.6) is 0 Å². The van der Waals surface area contributed by atoms with Crippen LogP contribution in [0.4, 0.5) is 15.3 Å². The van der Waals surface area contributed by atoms with E-state index in [0.717, 1.165) is 0 Å². The van der Waals surface area contributed by atoms with Crippen LogP contribution in [0.1, 0.15) is 15.9 Å². The first-order valence-electron chi connectivity index (χ1n) is 10.3. The van der Waals surface area contributed by atoms with Crippen molar-refractivity contribution in [3.63, 3.8) is 0 Å². The molecule has 0 saturated carbocycles. The van der Waals surface area contributed by atoms with Crippen LogP contribution in [0.25, 0.3) is 10.9 Å². The van der Waals surface area contributed by atoms with Gasteiger partial charge in [0.25, 0.3) is 0 Å². The summed E-state index contributed by atoms with van der Waals surface area (Å²) >= 11 is 4.74. The van der Waals surface area contributed by atoms with Gasteiger partial charge in [0, 0.05) is 34.8 Å². The molecule has 2 heterocycles. The van der Waals surface area contributed by atoms with Crippen LogP contribution in [0, 0.1) is 0 Å². The lowest BCUT2D eigenvalue weighted by atomic mass is 10.1. The zero-order valence-electron chi connectivity index (χ0n) is 18.1. The van der Waals surface area contributed by atoms with Crippen LogP contribution in [-0.4, -0.2) is 58.1 Å². The zero-order valence-corrected chi connectivity index (χ0v) is 20.5. The number of nitrogens with zero attached hydrogens (tertiary/aromatic N) is 2. The third-order valence-electron chi connectivity index (χ3n) is 5.38. The van der Waals surface area contributed by atoms with Crippen molar-refractivity contribution in [3.05, 3.63) is 64.3 Å². The summed E-state index contributed by atoms with van der Waals surface area (Å²) in [5.74, 6) is -0.0498. The van der Waals surface area contributed by atoms with E-state index >= 15 is 0 Å². The lowest BCUT2D eigenvalue weighted by molar-refractivity contribution is -0.119. The molecule has 1 aromatic heterocycles. The molecule has 176 valence electrons. The summed E-state index contributed by atoms with van der Waals surface area (Å²) in [5, 5.41) is 2.80. The predicted molar refractivity (Wildman–Crippen MR) is 133 cm³/mol. The number of anilines is 1. The van der Waals surface area contributed by atoms with E-state index in [-0.39, 0.29) is 12.2 Å². The molecule has 0 spiro atoms. The number of nitrogens with one attached hydrogen (secondary N) is 1. The van der Waals surface area contributed by atoms with E-state index < -0.39 is 23.4 Å². The quantitative estimate of drug-likeness (QED) is 0.470. The number of ether oxygens (including phenoxy) is 1. The van der Waals surface area contributed by atoms with E-state index in [2.05, 4.69) is 21.2 Å². The highest BCUT2D eigenvalue weighted by Gasteiger charge is 2.35. The Balaban J connectivity index is 1.52. The molecule has 1 atom stereocenters. The first-order valence-corrected chi connectivity index (χ1v) is 12.1. The van der Waals surface area contributed by atoms with E-state index in [0.29, 0.717) is 44.5 Å². The lowest BCUT2D eigenvalue weighted by Crippen LogP contribution is -2.42. The second kappa shape index (κ2) is 9.90. The van der Waals surface area contributed by atoms with Crippen molar-refractivity contribution in [2.45, 2.75) is 11.8 Å². The number of ketones is 1. The van der Waals surface area contributed by atoms with E-state index in [9.17, 15) is 19.2 Å². The number of fused-ring (bicyclic) bond motifs is 1. The molecular formula is C23H21BrN4O5S. The average Bonchev–Trinajstić information content (AvgIpc) is 3.44. The van der Waals surface area contributed by atoms with E-state index in [4.69, 9.17) is 10.5 Å². The number of aromatic nitrogens is 1. The smallest absolute Gasteiger partial charge is 0.337 e. The molecule has 1 aliphatic heterocycles. The molecule has 34 heavy (non-hydrogen) atoms. The largest absolute Gasteiger partial charge is 0.465 e. The minimum atomic E-state index is -0.676. The van der Waals surface area contributed by atoms with Gasteiger partial charge in [-0.05, 0) is 29.8 Å². The van der Waals surface area contributed by atoms with Crippen molar-refractivity contribution >= 4 is 68.1 Å². The summed E-state index contributed by atoms with van der Waals surface area (Å²) in [5.41, 5.74) is 7.42. The van der Waals surface area contributed by atoms with Crippen LogP contribution in [0.3, 0.4) is 0 Å². The maximum atomic E-state index is 13.1. The van der Waals surface area contributed by atoms with Crippen LogP contribution < -0.4 is 11.1 Å². The molecule has 3 amide bonds. The zero-order chi connectivity index (χ0) is 24.4. The number of rotatable bonds is 5. The Morgan fingerprint density at radius 3 is 2.71 bits per heavy atom. The number of halogens is 1. The number of carbonyl (C=O) groups is 4. The van der Waals surface area contributed by atoms with Gasteiger partial charge in [0.2, 0.25) is 0 Å². The molecule has 3 aromatic rings. The Labute approximate surface area is 207 Å². The lowest BCUT2D eigenvalue weighted by Gasteiger charge is -2.23. The van der Waals surface area contributed by atoms with Gasteiger partial charge in [-0.3, -0.25) is 9.36 Å². The van der Waals surface area contributed by atoms with Gasteiger partial charge in [-0.2, -0.15) is 0 Å². The fourth-order valence-corrected chi connectivity index (χ4v) is 5.59. The van der Waals surface area contributed by atoms with Gasteiger partial charge in [0.05, 0.1) is 23.9 Å². The van der Waals surface area contributed by atoms with Gasteiger partial charge >= 0.3 is 18.0 Å². The average molecular weight is 545 g/mol. The summed E-state index contributed by atoms with van der Waals surface area (Å²) in [6, 6.07) is 10.9. The summed E-state index contributed by atoms with van der Waals surface area (Å²) in [6.07, 6.45) is 1.52. The Kier molecular flexibility index (Phi) is 6.94. The van der Waals surface area contributed by atoms with E-state index in [1.54, 1.807) is 42.5 Å². The number of hydrogen-bond acceptors (Lipinski definition) is 6. The topological polar surface area (TPSA) is 124 Å².